The molecule has 0 saturated heterocycles. The van der Waals surface area contributed by atoms with Crippen molar-refractivity contribution < 1.29 is 9.47 Å². The van der Waals surface area contributed by atoms with Gasteiger partial charge in [0.2, 0.25) is 0 Å². The summed E-state index contributed by atoms with van der Waals surface area (Å²) in [6, 6.07) is 20.7. The Hall–Kier alpha value is -3.60. The molecular formula is C28H31N3O2. The third-order valence-corrected chi connectivity index (χ3v) is 5.91. The second kappa shape index (κ2) is 9.10. The summed E-state index contributed by atoms with van der Waals surface area (Å²) >= 11 is 0. The van der Waals surface area contributed by atoms with Crippen molar-refractivity contribution in [2.24, 2.45) is 10.1 Å². The molecule has 1 aliphatic rings. The van der Waals surface area contributed by atoms with E-state index in [0.29, 0.717) is 11.5 Å². The van der Waals surface area contributed by atoms with Gasteiger partial charge in [-0.25, -0.2) is 4.99 Å². The molecule has 1 aliphatic heterocycles. The summed E-state index contributed by atoms with van der Waals surface area (Å²) < 4.78 is 10.9. The normalized spacial score (nSPS) is 13.3. The number of nitrogens with zero attached hydrogens (tertiary/aromatic N) is 2. The molecule has 0 unspecified atom stereocenters. The SMILES string of the molecule is CCc1ccc2c(c1)C(c1ccc(OC)c(OC)c1)=NNC(c1ccc(C(C)(C)C)cc1)=N2. The Morgan fingerprint density at radius 1 is 0.818 bits per heavy atom. The molecule has 5 heteroatoms. The van der Waals surface area contributed by atoms with Crippen molar-refractivity contribution in [3.63, 3.8) is 0 Å². The number of methoxy groups -OCH3 is 2. The van der Waals surface area contributed by atoms with Crippen molar-refractivity contribution in [3.8, 4) is 11.5 Å². The number of hydrazone groups is 1. The molecule has 0 atom stereocenters. The van der Waals surface area contributed by atoms with Crippen molar-refractivity contribution in [2.45, 2.75) is 39.5 Å². The minimum absolute atomic E-state index is 0.0963. The van der Waals surface area contributed by atoms with Gasteiger partial charge in [0, 0.05) is 16.7 Å². The van der Waals surface area contributed by atoms with Crippen molar-refractivity contribution in [3.05, 3.63) is 88.5 Å². The van der Waals surface area contributed by atoms with Gasteiger partial charge in [0.05, 0.1) is 19.9 Å². The summed E-state index contributed by atoms with van der Waals surface area (Å²) in [5.74, 6) is 2.06. The lowest BCUT2D eigenvalue weighted by Gasteiger charge is -2.19. The Balaban J connectivity index is 1.82. The molecule has 0 aromatic heterocycles. The minimum Gasteiger partial charge on any atom is -0.493 e. The number of hydrogen-bond donors (Lipinski definition) is 1. The van der Waals surface area contributed by atoms with Crippen LogP contribution < -0.4 is 14.9 Å². The maximum absolute atomic E-state index is 5.53. The van der Waals surface area contributed by atoms with Crippen LogP contribution in [-0.2, 0) is 11.8 Å². The fourth-order valence-electron chi connectivity index (χ4n) is 3.87. The molecule has 0 bridgehead atoms. The van der Waals surface area contributed by atoms with Gasteiger partial charge in [0.1, 0.15) is 5.71 Å². The fourth-order valence-corrected chi connectivity index (χ4v) is 3.87. The van der Waals surface area contributed by atoms with Crippen LogP contribution in [0.25, 0.3) is 0 Å². The Morgan fingerprint density at radius 3 is 2.15 bits per heavy atom. The molecule has 0 fully saturated rings. The molecule has 1 N–H and O–H groups in total. The van der Waals surface area contributed by atoms with E-state index in [2.05, 4.69) is 75.6 Å². The van der Waals surface area contributed by atoms with E-state index in [9.17, 15) is 0 Å². The second-order valence-corrected chi connectivity index (χ2v) is 9.13. The van der Waals surface area contributed by atoms with E-state index >= 15 is 0 Å². The zero-order chi connectivity index (χ0) is 23.6. The van der Waals surface area contributed by atoms with Crippen LogP contribution in [0.4, 0.5) is 5.69 Å². The summed E-state index contributed by atoms with van der Waals surface area (Å²) in [4.78, 5) is 4.96. The molecular weight excluding hydrogens is 410 g/mol. The number of amidine groups is 1. The van der Waals surface area contributed by atoms with Crippen LogP contribution in [0.15, 0.2) is 70.8 Å². The van der Waals surface area contributed by atoms with Crippen molar-refractivity contribution in [1.82, 2.24) is 5.43 Å². The van der Waals surface area contributed by atoms with Gasteiger partial charge in [-0.15, -0.1) is 0 Å². The first-order valence-electron chi connectivity index (χ1n) is 11.2. The molecule has 0 aliphatic carbocycles. The van der Waals surface area contributed by atoms with Crippen LogP contribution in [0.2, 0.25) is 0 Å². The van der Waals surface area contributed by atoms with Gasteiger partial charge >= 0.3 is 0 Å². The van der Waals surface area contributed by atoms with Gasteiger partial charge in [0.25, 0.3) is 0 Å². The van der Waals surface area contributed by atoms with E-state index in [-0.39, 0.29) is 5.41 Å². The van der Waals surface area contributed by atoms with Gasteiger partial charge in [-0.05, 0) is 53.3 Å². The average molecular weight is 442 g/mol. The maximum atomic E-state index is 5.53. The average Bonchev–Trinajstić information content (AvgIpc) is 3.02. The first kappa shape index (κ1) is 22.6. The van der Waals surface area contributed by atoms with Crippen LogP contribution in [-0.4, -0.2) is 25.8 Å². The largest absolute Gasteiger partial charge is 0.493 e. The minimum atomic E-state index is 0.0963. The van der Waals surface area contributed by atoms with Crippen molar-refractivity contribution in [1.29, 1.82) is 0 Å². The van der Waals surface area contributed by atoms with Crippen LogP contribution in [0.1, 0.15) is 55.5 Å². The lowest BCUT2D eigenvalue weighted by Crippen LogP contribution is -2.20. The topological polar surface area (TPSA) is 55.2 Å². The Bertz CT molecular complexity index is 1220. The number of aryl methyl sites for hydroxylation is 1. The second-order valence-electron chi connectivity index (χ2n) is 9.13. The monoisotopic (exact) mass is 441 g/mol. The number of nitrogens with one attached hydrogen (secondary N) is 1. The standard InChI is InChI=1S/C28H31N3O2/c1-7-18-8-14-23-22(16-18)26(20-11-15-24(32-5)25(17-20)33-6)30-31-27(29-23)19-9-12-21(13-10-19)28(2,3)4/h8-17H,7H2,1-6H3,(H,29,31). The smallest absolute Gasteiger partial charge is 0.161 e. The predicted octanol–water partition coefficient (Wildman–Crippen LogP) is 6.00. The number of ether oxygens (including phenoxy) is 2. The molecule has 0 amide bonds. The molecule has 0 spiro atoms. The molecule has 3 aromatic carbocycles. The maximum Gasteiger partial charge on any atom is 0.161 e. The molecule has 3 aromatic rings. The first-order chi connectivity index (χ1) is 15.8. The third-order valence-electron chi connectivity index (χ3n) is 5.91. The van der Waals surface area contributed by atoms with Gasteiger partial charge in [-0.3, -0.25) is 5.43 Å². The van der Waals surface area contributed by atoms with Gasteiger partial charge in [0.15, 0.2) is 17.3 Å². The zero-order valence-electron chi connectivity index (χ0n) is 20.2. The van der Waals surface area contributed by atoms with Crippen LogP contribution >= 0.6 is 0 Å². The zero-order valence-corrected chi connectivity index (χ0v) is 20.2. The lowest BCUT2D eigenvalue weighted by molar-refractivity contribution is 0.355. The third kappa shape index (κ3) is 4.63. The highest BCUT2D eigenvalue weighted by Gasteiger charge is 2.20. The van der Waals surface area contributed by atoms with Gasteiger partial charge in [-0.1, -0.05) is 58.0 Å². The van der Waals surface area contributed by atoms with Crippen molar-refractivity contribution >= 4 is 17.2 Å². The number of hydrogen-bond acceptors (Lipinski definition) is 5. The van der Waals surface area contributed by atoms with Gasteiger partial charge < -0.3 is 9.47 Å². The molecule has 33 heavy (non-hydrogen) atoms. The number of rotatable bonds is 5. The van der Waals surface area contributed by atoms with E-state index in [1.165, 1.54) is 11.1 Å². The van der Waals surface area contributed by atoms with E-state index in [1.54, 1.807) is 14.2 Å². The summed E-state index contributed by atoms with van der Waals surface area (Å²) in [7, 11) is 3.27. The first-order valence-corrected chi connectivity index (χ1v) is 11.2. The Labute approximate surface area is 196 Å². The number of aliphatic imine (C=N–C) groups is 1. The van der Waals surface area contributed by atoms with Crippen LogP contribution in [0, 0.1) is 0 Å². The van der Waals surface area contributed by atoms with Crippen molar-refractivity contribution in [2.75, 3.05) is 14.2 Å². The predicted molar refractivity (Wildman–Crippen MR) is 135 cm³/mol. The molecule has 0 radical (unpaired) electrons. The Kier molecular flexibility index (Phi) is 6.23. The highest BCUT2D eigenvalue weighted by Crippen LogP contribution is 2.32. The molecule has 4 rings (SSSR count). The quantitative estimate of drug-likeness (QED) is 0.528. The van der Waals surface area contributed by atoms with Gasteiger partial charge in [-0.2, -0.15) is 5.10 Å². The van der Waals surface area contributed by atoms with Crippen LogP contribution in [0.5, 0.6) is 11.5 Å². The highest BCUT2D eigenvalue weighted by atomic mass is 16.5. The van der Waals surface area contributed by atoms with E-state index in [0.717, 1.165) is 40.3 Å². The van der Waals surface area contributed by atoms with E-state index < -0.39 is 0 Å². The molecule has 1 heterocycles. The molecule has 5 nitrogen and oxygen atoms in total. The summed E-state index contributed by atoms with van der Waals surface area (Å²) in [6.07, 6.45) is 0.935. The fraction of sp³-hybridized carbons (Fsp3) is 0.286. The molecule has 170 valence electrons. The summed E-state index contributed by atoms with van der Waals surface area (Å²) in [5, 5.41) is 4.81. The number of fused-ring (bicyclic) bond motifs is 1. The number of benzene rings is 3. The molecule has 0 saturated carbocycles. The van der Waals surface area contributed by atoms with Crippen LogP contribution in [0.3, 0.4) is 0 Å². The summed E-state index contributed by atoms with van der Waals surface area (Å²) in [5.41, 5.74) is 10.4. The lowest BCUT2D eigenvalue weighted by atomic mass is 9.86. The highest BCUT2D eigenvalue weighted by molar-refractivity contribution is 6.18. The van der Waals surface area contributed by atoms with E-state index in [1.807, 2.05) is 18.2 Å². The van der Waals surface area contributed by atoms with E-state index in [4.69, 9.17) is 19.6 Å². The summed E-state index contributed by atoms with van der Waals surface area (Å²) in [6.45, 7) is 8.79. The Morgan fingerprint density at radius 2 is 1.52 bits per heavy atom.